The standard InChI is InChI=1S/C29H28N4O8S/c34-28(23-3-1-2-4-25(23)41-21-13-20-9-12-30-27(20)31-15-21)32-42(37,38)22-5-6-26(24(14-22)33(35)36)40-16-19-7-10-29(11-8-19)17-39-18-29/h1-6,9,12-15,19H,7-8,10-11,16-18H2,(H,30,31)(H,32,34). The van der Waals surface area contributed by atoms with Crippen molar-refractivity contribution in [3.05, 3.63) is 82.7 Å². The third-order valence-corrected chi connectivity index (χ3v) is 9.18. The summed E-state index contributed by atoms with van der Waals surface area (Å²) in [7, 11) is -4.48. The molecule has 6 rings (SSSR count). The number of H-pyrrole nitrogens is 1. The molecule has 1 saturated carbocycles. The number of ether oxygens (including phenoxy) is 3. The van der Waals surface area contributed by atoms with Crippen LogP contribution in [0, 0.1) is 21.4 Å². The minimum absolute atomic E-state index is 0.0238. The first-order valence-electron chi connectivity index (χ1n) is 13.5. The minimum atomic E-state index is -4.48. The summed E-state index contributed by atoms with van der Waals surface area (Å²) in [6, 6.07) is 13.0. The van der Waals surface area contributed by atoms with Gasteiger partial charge in [-0.05, 0) is 68.0 Å². The zero-order chi connectivity index (χ0) is 29.3. The van der Waals surface area contributed by atoms with Gasteiger partial charge in [-0.1, -0.05) is 12.1 Å². The van der Waals surface area contributed by atoms with Crippen LogP contribution >= 0.6 is 0 Å². The molecule has 1 spiro atoms. The Morgan fingerprint density at radius 3 is 2.64 bits per heavy atom. The molecule has 1 aliphatic carbocycles. The minimum Gasteiger partial charge on any atom is -0.487 e. The van der Waals surface area contributed by atoms with Crippen molar-refractivity contribution in [1.29, 1.82) is 0 Å². The van der Waals surface area contributed by atoms with Gasteiger partial charge in [0.15, 0.2) is 5.75 Å². The first kappa shape index (κ1) is 27.7. The fraction of sp³-hybridized carbons (Fsp3) is 0.310. The summed E-state index contributed by atoms with van der Waals surface area (Å²) >= 11 is 0. The Labute approximate surface area is 241 Å². The van der Waals surface area contributed by atoms with Crippen molar-refractivity contribution in [2.24, 2.45) is 11.3 Å². The monoisotopic (exact) mass is 592 g/mol. The number of nitro benzene ring substituents is 1. The van der Waals surface area contributed by atoms with Gasteiger partial charge in [0.1, 0.15) is 17.1 Å². The summed E-state index contributed by atoms with van der Waals surface area (Å²) in [6.45, 7) is 1.88. The van der Waals surface area contributed by atoms with Crippen LogP contribution in [-0.2, 0) is 14.8 Å². The molecule has 1 amide bonds. The molecule has 13 heteroatoms. The van der Waals surface area contributed by atoms with E-state index in [9.17, 15) is 23.3 Å². The van der Waals surface area contributed by atoms with E-state index in [0.717, 1.165) is 50.3 Å². The van der Waals surface area contributed by atoms with Crippen LogP contribution in [0.1, 0.15) is 36.0 Å². The van der Waals surface area contributed by atoms with Crippen LogP contribution in [0.5, 0.6) is 17.2 Å². The van der Waals surface area contributed by atoms with E-state index in [1.807, 2.05) is 10.8 Å². The molecule has 1 saturated heterocycles. The van der Waals surface area contributed by atoms with Crippen molar-refractivity contribution in [3.63, 3.8) is 0 Å². The average molecular weight is 593 g/mol. The predicted octanol–water partition coefficient (Wildman–Crippen LogP) is 4.97. The quantitative estimate of drug-likeness (QED) is 0.202. The molecule has 3 heterocycles. The number of pyridine rings is 1. The molecule has 0 atom stereocenters. The Balaban J connectivity index is 1.15. The highest BCUT2D eigenvalue weighted by atomic mass is 32.2. The molecule has 2 aliphatic rings. The van der Waals surface area contributed by atoms with Crippen LogP contribution in [0.25, 0.3) is 11.0 Å². The van der Waals surface area contributed by atoms with Gasteiger partial charge in [-0.2, -0.15) is 0 Å². The van der Waals surface area contributed by atoms with E-state index < -0.39 is 31.4 Å². The lowest BCUT2D eigenvalue weighted by molar-refractivity contribution is -0.386. The number of nitro groups is 1. The van der Waals surface area contributed by atoms with Gasteiger partial charge < -0.3 is 19.2 Å². The lowest BCUT2D eigenvalue weighted by Crippen LogP contribution is -2.45. The van der Waals surface area contributed by atoms with E-state index in [-0.39, 0.29) is 28.4 Å². The number of hydrogen-bond donors (Lipinski definition) is 2. The van der Waals surface area contributed by atoms with Gasteiger partial charge in [0.05, 0.1) is 41.4 Å². The Hall–Kier alpha value is -4.49. The molecule has 12 nitrogen and oxygen atoms in total. The highest BCUT2D eigenvalue weighted by Crippen LogP contribution is 2.44. The maximum Gasteiger partial charge on any atom is 0.312 e. The smallest absolute Gasteiger partial charge is 0.312 e. The second-order valence-electron chi connectivity index (χ2n) is 10.8. The molecule has 4 aromatic rings. The third-order valence-electron chi connectivity index (χ3n) is 7.86. The summed E-state index contributed by atoms with van der Waals surface area (Å²) in [4.78, 5) is 31.0. The molecular weight excluding hydrogens is 564 g/mol. The summed E-state index contributed by atoms with van der Waals surface area (Å²) in [6.07, 6.45) is 7.16. The van der Waals surface area contributed by atoms with Gasteiger partial charge in [0, 0.05) is 23.1 Å². The van der Waals surface area contributed by atoms with E-state index in [4.69, 9.17) is 14.2 Å². The van der Waals surface area contributed by atoms with E-state index in [1.165, 1.54) is 30.5 Å². The molecule has 2 fully saturated rings. The number of fused-ring (bicyclic) bond motifs is 1. The Morgan fingerprint density at radius 2 is 1.90 bits per heavy atom. The highest BCUT2D eigenvalue weighted by Gasteiger charge is 2.41. The molecule has 0 bridgehead atoms. The van der Waals surface area contributed by atoms with Crippen molar-refractivity contribution in [2.75, 3.05) is 19.8 Å². The van der Waals surface area contributed by atoms with Crippen LogP contribution in [0.3, 0.4) is 0 Å². The number of sulfonamides is 1. The fourth-order valence-corrected chi connectivity index (χ4v) is 6.34. The number of para-hydroxylation sites is 1. The second-order valence-corrected chi connectivity index (χ2v) is 12.4. The number of nitrogens with zero attached hydrogens (tertiary/aromatic N) is 2. The highest BCUT2D eigenvalue weighted by molar-refractivity contribution is 7.90. The maximum atomic E-state index is 13.1. The van der Waals surface area contributed by atoms with E-state index in [1.54, 1.807) is 24.4 Å². The van der Waals surface area contributed by atoms with E-state index in [0.29, 0.717) is 18.0 Å². The molecule has 0 unspecified atom stereocenters. The first-order chi connectivity index (χ1) is 20.2. The van der Waals surface area contributed by atoms with E-state index in [2.05, 4.69) is 9.97 Å². The van der Waals surface area contributed by atoms with Crippen molar-refractivity contribution < 1.29 is 32.3 Å². The van der Waals surface area contributed by atoms with Crippen LogP contribution in [0.2, 0.25) is 0 Å². The topological polar surface area (TPSA) is 163 Å². The summed E-state index contributed by atoms with van der Waals surface area (Å²) in [5.74, 6) is -0.279. The van der Waals surface area contributed by atoms with Crippen LogP contribution in [-0.4, -0.2) is 49.0 Å². The molecule has 2 aromatic heterocycles. The lowest BCUT2D eigenvalue weighted by atomic mass is 9.69. The normalized spacial score (nSPS) is 16.6. The molecule has 0 radical (unpaired) electrons. The summed E-state index contributed by atoms with van der Waals surface area (Å²) in [5.41, 5.74) is 0.397. The summed E-state index contributed by atoms with van der Waals surface area (Å²) in [5, 5.41) is 12.6. The molecule has 2 N–H and O–H groups in total. The number of rotatable bonds is 9. The largest absolute Gasteiger partial charge is 0.487 e. The van der Waals surface area contributed by atoms with E-state index >= 15 is 0 Å². The van der Waals surface area contributed by atoms with Crippen molar-refractivity contribution in [1.82, 2.24) is 14.7 Å². The predicted molar refractivity (Wildman–Crippen MR) is 151 cm³/mol. The van der Waals surface area contributed by atoms with Crippen molar-refractivity contribution in [2.45, 2.75) is 30.6 Å². The number of hydrogen-bond acceptors (Lipinski definition) is 9. The average Bonchev–Trinajstić information content (AvgIpc) is 3.43. The second kappa shape index (κ2) is 11.1. The van der Waals surface area contributed by atoms with Gasteiger partial charge in [-0.15, -0.1) is 0 Å². The van der Waals surface area contributed by atoms with Crippen molar-refractivity contribution >= 4 is 32.7 Å². The Bertz CT molecular complexity index is 1760. The zero-order valence-electron chi connectivity index (χ0n) is 22.4. The first-order valence-corrected chi connectivity index (χ1v) is 15.0. The van der Waals surface area contributed by atoms with Crippen molar-refractivity contribution in [3.8, 4) is 17.2 Å². The number of aromatic amines is 1. The fourth-order valence-electron chi connectivity index (χ4n) is 5.35. The number of benzene rings is 2. The molecule has 2 aromatic carbocycles. The van der Waals surface area contributed by atoms with Gasteiger partial charge in [0.25, 0.3) is 15.9 Å². The molecule has 42 heavy (non-hydrogen) atoms. The van der Waals surface area contributed by atoms with Gasteiger partial charge in [0.2, 0.25) is 0 Å². The maximum absolute atomic E-state index is 13.1. The number of amides is 1. The van der Waals surface area contributed by atoms with Crippen LogP contribution in [0.15, 0.2) is 71.9 Å². The zero-order valence-corrected chi connectivity index (χ0v) is 23.3. The SMILES string of the molecule is O=C(NS(=O)(=O)c1ccc(OCC2CCC3(CC2)COC3)c([N+](=O)[O-])c1)c1ccccc1Oc1cnc2[nH]ccc2c1. The molecule has 1 aliphatic heterocycles. The van der Waals surface area contributed by atoms with Crippen LogP contribution < -0.4 is 14.2 Å². The number of carbonyl (C=O) groups is 1. The number of aromatic nitrogens is 2. The molecular formula is C29H28N4O8S. The van der Waals surface area contributed by atoms with Crippen LogP contribution in [0.4, 0.5) is 5.69 Å². The third kappa shape index (κ3) is 5.65. The number of nitrogens with one attached hydrogen (secondary N) is 2. The lowest BCUT2D eigenvalue weighted by Gasteiger charge is -2.46. The number of carbonyl (C=O) groups excluding carboxylic acids is 1. The van der Waals surface area contributed by atoms with Gasteiger partial charge >= 0.3 is 5.69 Å². The Morgan fingerprint density at radius 1 is 1.12 bits per heavy atom. The van der Waals surface area contributed by atoms with Gasteiger partial charge in [-0.25, -0.2) is 18.1 Å². The molecule has 218 valence electrons. The summed E-state index contributed by atoms with van der Waals surface area (Å²) < 4.78 is 45.2. The Kier molecular flexibility index (Phi) is 7.29. The van der Waals surface area contributed by atoms with Gasteiger partial charge in [-0.3, -0.25) is 14.9 Å².